The molecule has 23 heavy (non-hydrogen) atoms. The first kappa shape index (κ1) is 15.1. The third kappa shape index (κ3) is 3.51. The molecular weight excluding hydrogens is 284 g/mol. The second kappa shape index (κ2) is 6.96. The molecule has 2 aromatic carbocycles. The quantitative estimate of drug-likeness (QED) is 0.886. The molecule has 0 amide bonds. The van der Waals surface area contributed by atoms with Gasteiger partial charge < -0.3 is 10.2 Å². The van der Waals surface area contributed by atoms with Gasteiger partial charge in [-0.2, -0.15) is 10.5 Å². The zero-order valence-corrected chi connectivity index (χ0v) is 12.9. The van der Waals surface area contributed by atoms with Gasteiger partial charge in [0, 0.05) is 31.9 Å². The molecule has 1 aliphatic rings. The van der Waals surface area contributed by atoms with Gasteiger partial charge in [0.2, 0.25) is 0 Å². The van der Waals surface area contributed by atoms with Crippen LogP contribution in [0.1, 0.15) is 5.56 Å². The van der Waals surface area contributed by atoms with E-state index in [-0.39, 0.29) is 5.57 Å². The van der Waals surface area contributed by atoms with Crippen LogP contribution in [0.5, 0.6) is 0 Å². The Morgan fingerprint density at radius 1 is 1.04 bits per heavy atom. The summed E-state index contributed by atoms with van der Waals surface area (Å²) in [5.74, 6) is 0. The minimum Gasteiger partial charge on any atom is -0.369 e. The molecule has 3 rings (SSSR count). The molecule has 0 unspecified atom stereocenters. The zero-order valence-electron chi connectivity index (χ0n) is 12.9. The lowest BCUT2D eigenvalue weighted by molar-refractivity contribution is 0.589. The number of fused-ring (bicyclic) bond motifs is 1. The van der Waals surface area contributed by atoms with Crippen molar-refractivity contribution in [2.24, 2.45) is 0 Å². The third-order valence-electron chi connectivity index (χ3n) is 4.15. The molecule has 0 atom stereocenters. The number of rotatable bonds is 3. The Bertz CT molecular complexity index is 801. The molecule has 0 bridgehead atoms. The summed E-state index contributed by atoms with van der Waals surface area (Å²) < 4.78 is 0. The van der Waals surface area contributed by atoms with Crippen LogP contribution < -0.4 is 10.2 Å². The van der Waals surface area contributed by atoms with Gasteiger partial charge in [0.05, 0.1) is 0 Å². The number of nitrogens with one attached hydrogen (secondary N) is 1. The number of allylic oxidation sites excluding steroid dienone is 2. The van der Waals surface area contributed by atoms with Crippen LogP contribution in [0.2, 0.25) is 0 Å². The van der Waals surface area contributed by atoms with E-state index in [2.05, 4.69) is 46.6 Å². The SMILES string of the molecule is N#CC(C#N)=CCc1ccc2cc(N3CCNCC3)ccc2c1. The Hall–Kier alpha value is -2.82. The van der Waals surface area contributed by atoms with E-state index in [0.717, 1.165) is 31.7 Å². The molecule has 1 aliphatic heterocycles. The van der Waals surface area contributed by atoms with Crippen molar-refractivity contribution in [3.8, 4) is 12.1 Å². The number of hydrogen-bond acceptors (Lipinski definition) is 4. The Balaban J connectivity index is 1.83. The topological polar surface area (TPSA) is 62.9 Å². The van der Waals surface area contributed by atoms with Crippen molar-refractivity contribution < 1.29 is 0 Å². The van der Waals surface area contributed by atoms with Crippen molar-refractivity contribution in [3.63, 3.8) is 0 Å². The second-order valence-corrected chi connectivity index (χ2v) is 5.65. The summed E-state index contributed by atoms with van der Waals surface area (Å²) in [6.07, 6.45) is 2.28. The third-order valence-corrected chi connectivity index (χ3v) is 4.15. The monoisotopic (exact) mass is 302 g/mol. The van der Waals surface area contributed by atoms with Gasteiger partial charge >= 0.3 is 0 Å². The van der Waals surface area contributed by atoms with E-state index in [1.165, 1.54) is 16.5 Å². The highest BCUT2D eigenvalue weighted by Crippen LogP contribution is 2.24. The molecule has 0 aromatic heterocycles. The largest absolute Gasteiger partial charge is 0.369 e. The fourth-order valence-electron chi connectivity index (χ4n) is 2.87. The summed E-state index contributed by atoms with van der Waals surface area (Å²) in [6, 6.07) is 16.6. The maximum atomic E-state index is 8.78. The molecule has 1 fully saturated rings. The summed E-state index contributed by atoms with van der Waals surface area (Å²) in [5.41, 5.74) is 2.54. The van der Waals surface area contributed by atoms with Gasteiger partial charge in [0.15, 0.2) is 0 Å². The molecule has 114 valence electrons. The van der Waals surface area contributed by atoms with Gasteiger partial charge in [-0.15, -0.1) is 0 Å². The first-order chi connectivity index (χ1) is 11.3. The highest BCUT2D eigenvalue weighted by atomic mass is 15.2. The first-order valence-corrected chi connectivity index (χ1v) is 7.79. The minimum absolute atomic E-state index is 0.166. The maximum Gasteiger partial charge on any atom is 0.126 e. The molecule has 0 aliphatic carbocycles. The highest BCUT2D eigenvalue weighted by Gasteiger charge is 2.10. The van der Waals surface area contributed by atoms with E-state index >= 15 is 0 Å². The molecular formula is C19H18N4. The van der Waals surface area contributed by atoms with E-state index in [1.807, 2.05) is 12.1 Å². The van der Waals surface area contributed by atoms with Crippen LogP contribution in [0.3, 0.4) is 0 Å². The second-order valence-electron chi connectivity index (χ2n) is 5.65. The smallest absolute Gasteiger partial charge is 0.126 e. The molecule has 0 saturated carbocycles. The van der Waals surface area contributed by atoms with E-state index in [0.29, 0.717) is 6.42 Å². The van der Waals surface area contributed by atoms with Crippen molar-refractivity contribution in [1.82, 2.24) is 5.32 Å². The summed E-state index contributed by atoms with van der Waals surface area (Å²) in [4.78, 5) is 2.40. The van der Waals surface area contributed by atoms with E-state index < -0.39 is 0 Å². The van der Waals surface area contributed by atoms with Crippen molar-refractivity contribution in [3.05, 3.63) is 53.6 Å². The van der Waals surface area contributed by atoms with E-state index in [9.17, 15) is 0 Å². The summed E-state index contributed by atoms with van der Waals surface area (Å²) in [5, 5.41) is 23.3. The van der Waals surface area contributed by atoms with Gasteiger partial charge in [0.1, 0.15) is 17.7 Å². The lowest BCUT2D eigenvalue weighted by Crippen LogP contribution is -2.43. The van der Waals surface area contributed by atoms with Crippen LogP contribution >= 0.6 is 0 Å². The van der Waals surface area contributed by atoms with Gasteiger partial charge in [-0.25, -0.2) is 0 Å². The lowest BCUT2D eigenvalue weighted by Gasteiger charge is -2.29. The predicted octanol–water partition coefficient (Wildman–Crippen LogP) is 2.77. The summed E-state index contributed by atoms with van der Waals surface area (Å²) >= 11 is 0. The van der Waals surface area contributed by atoms with Gasteiger partial charge in [-0.1, -0.05) is 30.3 Å². The number of nitrogens with zero attached hydrogens (tertiary/aromatic N) is 3. The van der Waals surface area contributed by atoms with Crippen LogP contribution in [0, 0.1) is 22.7 Å². The molecule has 1 heterocycles. The average molecular weight is 302 g/mol. The molecule has 1 saturated heterocycles. The van der Waals surface area contributed by atoms with Crippen LogP contribution in [-0.4, -0.2) is 26.2 Å². The van der Waals surface area contributed by atoms with Gasteiger partial charge in [-0.05, 0) is 34.9 Å². The summed E-state index contributed by atoms with van der Waals surface area (Å²) in [6.45, 7) is 4.14. The van der Waals surface area contributed by atoms with E-state index in [4.69, 9.17) is 10.5 Å². The van der Waals surface area contributed by atoms with Crippen LogP contribution in [0.25, 0.3) is 10.8 Å². The molecule has 1 N–H and O–H groups in total. The van der Waals surface area contributed by atoms with E-state index in [1.54, 1.807) is 6.08 Å². The number of hydrogen-bond donors (Lipinski definition) is 1. The van der Waals surface area contributed by atoms with Crippen molar-refractivity contribution in [2.45, 2.75) is 6.42 Å². The molecule has 2 aromatic rings. The van der Waals surface area contributed by atoms with Crippen molar-refractivity contribution in [2.75, 3.05) is 31.1 Å². The fraction of sp³-hybridized carbons (Fsp3) is 0.263. The number of nitriles is 2. The number of piperazine rings is 1. The number of benzene rings is 2. The van der Waals surface area contributed by atoms with Crippen LogP contribution in [0.15, 0.2) is 48.0 Å². The van der Waals surface area contributed by atoms with Crippen molar-refractivity contribution in [1.29, 1.82) is 10.5 Å². The Labute approximate surface area is 136 Å². The van der Waals surface area contributed by atoms with Crippen LogP contribution in [-0.2, 0) is 6.42 Å². The Kier molecular flexibility index (Phi) is 4.57. The standard InChI is InChI=1S/C19H18N4/c20-13-16(14-21)2-1-15-3-4-18-12-19(6-5-17(18)11-15)23-9-7-22-8-10-23/h2-6,11-12,22H,1,7-10H2. The first-order valence-electron chi connectivity index (χ1n) is 7.79. The minimum atomic E-state index is 0.166. The predicted molar refractivity (Wildman–Crippen MR) is 92.0 cm³/mol. The molecule has 0 spiro atoms. The maximum absolute atomic E-state index is 8.78. The normalized spacial score (nSPS) is 14.1. The zero-order chi connectivity index (χ0) is 16.1. The fourth-order valence-corrected chi connectivity index (χ4v) is 2.87. The van der Waals surface area contributed by atoms with Crippen LogP contribution in [0.4, 0.5) is 5.69 Å². The average Bonchev–Trinajstić information content (AvgIpc) is 2.63. The molecule has 4 heteroatoms. The Morgan fingerprint density at radius 2 is 1.74 bits per heavy atom. The number of anilines is 1. The lowest BCUT2D eigenvalue weighted by atomic mass is 10.0. The van der Waals surface area contributed by atoms with Crippen molar-refractivity contribution >= 4 is 16.5 Å². The highest BCUT2D eigenvalue weighted by molar-refractivity contribution is 5.86. The Morgan fingerprint density at radius 3 is 2.48 bits per heavy atom. The summed E-state index contributed by atoms with van der Waals surface area (Å²) in [7, 11) is 0. The molecule has 4 nitrogen and oxygen atoms in total. The molecule has 0 radical (unpaired) electrons. The van der Waals surface area contributed by atoms with Gasteiger partial charge in [0.25, 0.3) is 0 Å². The van der Waals surface area contributed by atoms with Gasteiger partial charge in [-0.3, -0.25) is 0 Å².